The number of nitrogens with zero attached hydrogens (tertiary/aromatic N) is 3. The van der Waals surface area contributed by atoms with Crippen molar-refractivity contribution in [3.63, 3.8) is 0 Å². The molecule has 25 heavy (non-hydrogen) atoms. The molecule has 3 rings (SSSR count). The van der Waals surface area contributed by atoms with Crippen molar-refractivity contribution in [2.24, 2.45) is 9.98 Å². The summed E-state index contributed by atoms with van der Waals surface area (Å²) in [6, 6.07) is 2.65. The Kier molecular flexibility index (Phi) is 5.11. The number of hydrogen-bond donors (Lipinski definition) is 1. The first kappa shape index (κ1) is 17.9. The van der Waals surface area contributed by atoms with Gasteiger partial charge in [0.25, 0.3) is 0 Å². The van der Waals surface area contributed by atoms with Crippen LogP contribution in [0.5, 0.6) is 0 Å². The van der Waals surface area contributed by atoms with Gasteiger partial charge in [-0.3, -0.25) is 9.89 Å². The summed E-state index contributed by atoms with van der Waals surface area (Å²) >= 11 is 0. The van der Waals surface area contributed by atoms with Gasteiger partial charge in [-0.2, -0.15) is 0 Å². The predicted molar refractivity (Wildman–Crippen MR) is 95.1 cm³/mol. The zero-order chi connectivity index (χ0) is 18.0. The number of aliphatic imine (C=N–C) groups is 2. The zero-order valence-electron chi connectivity index (χ0n) is 14.3. The Labute approximate surface area is 146 Å². The average Bonchev–Trinajstić information content (AvgIpc) is 3.07. The SMILES string of the molecule is C=C1CCN([C@H](C)C(O)(CC2C=NC=N2)c2ccc(F)cc2F)CC1. The van der Waals surface area contributed by atoms with E-state index in [9.17, 15) is 13.9 Å². The number of benzene rings is 1. The average molecular weight is 347 g/mol. The molecule has 1 saturated heterocycles. The topological polar surface area (TPSA) is 48.2 Å². The first-order valence-corrected chi connectivity index (χ1v) is 8.53. The van der Waals surface area contributed by atoms with Crippen molar-refractivity contribution in [1.29, 1.82) is 0 Å². The van der Waals surface area contributed by atoms with E-state index >= 15 is 0 Å². The van der Waals surface area contributed by atoms with Gasteiger partial charge >= 0.3 is 0 Å². The second-order valence-corrected chi connectivity index (χ2v) is 6.84. The van der Waals surface area contributed by atoms with Crippen molar-refractivity contribution in [2.45, 2.75) is 43.9 Å². The molecule has 0 spiro atoms. The largest absolute Gasteiger partial charge is 0.383 e. The maximum Gasteiger partial charge on any atom is 0.132 e. The van der Waals surface area contributed by atoms with Crippen molar-refractivity contribution in [3.8, 4) is 0 Å². The third-order valence-corrected chi connectivity index (χ3v) is 5.24. The highest BCUT2D eigenvalue weighted by atomic mass is 19.1. The van der Waals surface area contributed by atoms with Gasteiger partial charge in [0.05, 0.1) is 6.04 Å². The molecule has 1 aromatic carbocycles. The van der Waals surface area contributed by atoms with Gasteiger partial charge in [-0.05, 0) is 25.8 Å². The van der Waals surface area contributed by atoms with Crippen LogP contribution in [-0.4, -0.2) is 47.7 Å². The number of hydrogen-bond acceptors (Lipinski definition) is 4. The smallest absolute Gasteiger partial charge is 0.132 e. The van der Waals surface area contributed by atoms with Crippen LogP contribution in [0, 0.1) is 11.6 Å². The molecule has 1 N–H and O–H groups in total. The Morgan fingerprint density at radius 3 is 2.68 bits per heavy atom. The summed E-state index contributed by atoms with van der Waals surface area (Å²) in [6.45, 7) is 7.40. The molecule has 0 saturated carbocycles. The summed E-state index contributed by atoms with van der Waals surface area (Å²) in [5.74, 6) is -1.40. The molecule has 1 aromatic rings. The normalized spacial score (nSPS) is 24.5. The Balaban J connectivity index is 1.94. The van der Waals surface area contributed by atoms with Crippen molar-refractivity contribution in [2.75, 3.05) is 13.1 Å². The number of rotatable bonds is 5. The molecule has 2 unspecified atom stereocenters. The fourth-order valence-corrected chi connectivity index (χ4v) is 3.60. The monoisotopic (exact) mass is 347 g/mol. The number of piperidine rings is 1. The predicted octanol–water partition coefficient (Wildman–Crippen LogP) is 3.06. The summed E-state index contributed by atoms with van der Waals surface area (Å²) in [4.78, 5) is 10.3. The van der Waals surface area contributed by atoms with Crippen LogP contribution in [0.25, 0.3) is 0 Å². The van der Waals surface area contributed by atoms with Crippen molar-refractivity contribution in [1.82, 2.24) is 4.90 Å². The van der Waals surface area contributed by atoms with Gasteiger partial charge < -0.3 is 5.11 Å². The van der Waals surface area contributed by atoms with Crippen LogP contribution in [0.3, 0.4) is 0 Å². The standard InChI is InChI=1S/C19H23F2N3O/c1-13-5-7-24(8-6-13)14(2)19(25,10-16-11-22-12-23-16)17-4-3-15(20)9-18(17)21/h3-4,9,11-12,14,16,25H,1,5-8,10H2,2H3/t14-,16?,19?/m1/s1. The summed E-state index contributed by atoms with van der Waals surface area (Å²) in [6.07, 6.45) is 4.97. The lowest BCUT2D eigenvalue weighted by atomic mass is 9.80. The van der Waals surface area contributed by atoms with Crippen LogP contribution in [0.2, 0.25) is 0 Å². The van der Waals surface area contributed by atoms with E-state index < -0.39 is 17.2 Å². The van der Waals surface area contributed by atoms with E-state index in [1.807, 2.05) is 6.92 Å². The van der Waals surface area contributed by atoms with Crippen LogP contribution in [0.4, 0.5) is 8.78 Å². The zero-order valence-corrected chi connectivity index (χ0v) is 14.3. The van der Waals surface area contributed by atoms with Crippen LogP contribution in [0.1, 0.15) is 31.7 Å². The fraction of sp³-hybridized carbons (Fsp3) is 0.474. The minimum absolute atomic E-state index is 0.0984. The van der Waals surface area contributed by atoms with Crippen LogP contribution in [0.15, 0.2) is 40.3 Å². The van der Waals surface area contributed by atoms with Gasteiger partial charge in [-0.15, -0.1) is 0 Å². The molecule has 1 fully saturated rings. The summed E-state index contributed by atoms with van der Waals surface area (Å²) in [5, 5.41) is 11.5. The van der Waals surface area contributed by atoms with E-state index in [4.69, 9.17) is 0 Å². The highest BCUT2D eigenvalue weighted by molar-refractivity contribution is 5.82. The summed E-state index contributed by atoms with van der Waals surface area (Å²) < 4.78 is 27.9. The molecule has 0 aromatic heterocycles. The van der Waals surface area contributed by atoms with Crippen molar-refractivity contribution in [3.05, 3.63) is 47.5 Å². The number of likely N-dealkylation sites (tertiary alicyclic amines) is 1. The Morgan fingerprint density at radius 1 is 1.36 bits per heavy atom. The fourth-order valence-electron chi connectivity index (χ4n) is 3.60. The molecule has 3 atom stereocenters. The Bertz CT molecular complexity index is 697. The van der Waals surface area contributed by atoms with Gasteiger partial charge in [-0.25, -0.2) is 13.8 Å². The third-order valence-electron chi connectivity index (χ3n) is 5.24. The lowest BCUT2D eigenvalue weighted by Gasteiger charge is -2.44. The quantitative estimate of drug-likeness (QED) is 0.832. The lowest BCUT2D eigenvalue weighted by Crippen LogP contribution is -2.52. The van der Waals surface area contributed by atoms with Crippen LogP contribution < -0.4 is 0 Å². The second-order valence-electron chi connectivity index (χ2n) is 6.84. The highest BCUT2D eigenvalue weighted by Crippen LogP contribution is 2.37. The van der Waals surface area contributed by atoms with Crippen molar-refractivity contribution < 1.29 is 13.9 Å². The molecular weight excluding hydrogens is 324 g/mol. The molecule has 2 heterocycles. The van der Waals surface area contributed by atoms with Crippen molar-refractivity contribution >= 4 is 12.6 Å². The van der Waals surface area contributed by atoms with E-state index in [1.54, 1.807) is 6.21 Å². The molecular formula is C19H23F2N3O. The second kappa shape index (κ2) is 7.14. The Hall–Kier alpha value is -1.92. The molecule has 4 nitrogen and oxygen atoms in total. The molecule has 0 amide bonds. The molecule has 0 bridgehead atoms. The molecule has 6 heteroatoms. The van der Waals surface area contributed by atoms with Gasteiger partial charge in [-0.1, -0.05) is 18.2 Å². The molecule has 2 aliphatic heterocycles. The third kappa shape index (κ3) is 3.70. The van der Waals surface area contributed by atoms with E-state index in [0.717, 1.165) is 32.0 Å². The van der Waals surface area contributed by atoms with E-state index in [-0.39, 0.29) is 24.1 Å². The molecule has 134 valence electrons. The van der Waals surface area contributed by atoms with Gasteiger partial charge in [0, 0.05) is 43.4 Å². The number of halogens is 2. The van der Waals surface area contributed by atoms with Gasteiger partial charge in [0.1, 0.15) is 23.6 Å². The molecule has 0 aliphatic carbocycles. The maximum atomic E-state index is 14.5. The Morgan fingerprint density at radius 2 is 2.08 bits per heavy atom. The molecule has 0 radical (unpaired) electrons. The van der Waals surface area contributed by atoms with E-state index in [1.165, 1.54) is 24.0 Å². The minimum Gasteiger partial charge on any atom is -0.383 e. The van der Waals surface area contributed by atoms with Gasteiger partial charge in [0.2, 0.25) is 0 Å². The lowest BCUT2D eigenvalue weighted by molar-refractivity contribution is -0.0578. The summed E-state index contributed by atoms with van der Waals surface area (Å²) in [5.41, 5.74) is -0.219. The maximum absolute atomic E-state index is 14.5. The molecule has 2 aliphatic rings. The first-order chi connectivity index (χ1) is 11.9. The minimum atomic E-state index is -1.51. The van der Waals surface area contributed by atoms with E-state index in [0.29, 0.717) is 0 Å². The van der Waals surface area contributed by atoms with Gasteiger partial charge in [0.15, 0.2) is 0 Å². The number of aliphatic hydroxyl groups is 1. The highest BCUT2D eigenvalue weighted by Gasteiger charge is 2.43. The van der Waals surface area contributed by atoms with Crippen LogP contribution in [-0.2, 0) is 5.60 Å². The summed E-state index contributed by atoms with van der Waals surface area (Å²) in [7, 11) is 0. The van der Waals surface area contributed by atoms with Crippen LogP contribution >= 0.6 is 0 Å². The van der Waals surface area contributed by atoms with E-state index in [2.05, 4.69) is 21.5 Å². The first-order valence-electron chi connectivity index (χ1n) is 8.53.